The number of carbonyl (C=O) groups excluding carboxylic acids is 1. The molecule has 1 aliphatic heterocycles. The van der Waals surface area contributed by atoms with Gasteiger partial charge in [-0.15, -0.1) is 0 Å². The summed E-state index contributed by atoms with van der Waals surface area (Å²) in [4.78, 5) is 22.7. The van der Waals surface area contributed by atoms with E-state index in [1.807, 2.05) is 0 Å². The highest BCUT2D eigenvalue weighted by Gasteiger charge is 2.41. The Balaban J connectivity index is 2.79. The van der Waals surface area contributed by atoms with Gasteiger partial charge in [0.2, 0.25) is 5.91 Å². The van der Waals surface area contributed by atoms with E-state index in [1.54, 1.807) is 20.8 Å². The molecule has 0 bridgehead atoms. The molecule has 0 aliphatic carbocycles. The Morgan fingerprint density at radius 1 is 1.41 bits per heavy atom. The van der Waals surface area contributed by atoms with Gasteiger partial charge in [-0.2, -0.15) is 0 Å². The van der Waals surface area contributed by atoms with Crippen LogP contribution in [0.4, 0.5) is 0 Å². The van der Waals surface area contributed by atoms with E-state index in [1.165, 1.54) is 0 Å². The van der Waals surface area contributed by atoms with Gasteiger partial charge in [-0.1, -0.05) is 0 Å². The summed E-state index contributed by atoms with van der Waals surface area (Å²) in [5, 5.41) is 24.0. The van der Waals surface area contributed by atoms with Gasteiger partial charge in [0.15, 0.2) is 0 Å². The van der Waals surface area contributed by atoms with Crippen molar-refractivity contribution < 1.29 is 19.8 Å². The average molecular weight is 242 g/mol. The maximum absolute atomic E-state index is 11.8. The largest absolute Gasteiger partial charge is 0.477 e. The molecule has 0 unspecified atom stereocenters. The van der Waals surface area contributed by atoms with Crippen molar-refractivity contribution in [2.75, 3.05) is 6.54 Å². The first-order chi connectivity index (χ1) is 7.75. The highest BCUT2D eigenvalue weighted by atomic mass is 16.4. The van der Waals surface area contributed by atoms with Crippen LogP contribution in [0.25, 0.3) is 0 Å². The maximum Gasteiger partial charge on any atom is 0.352 e. The van der Waals surface area contributed by atoms with Gasteiger partial charge in [-0.3, -0.25) is 4.79 Å². The zero-order valence-electron chi connectivity index (χ0n) is 10.2. The lowest BCUT2D eigenvalue weighted by molar-refractivity contribution is -0.136. The van der Waals surface area contributed by atoms with E-state index < -0.39 is 23.5 Å². The summed E-state index contributed by atoms with van der Waals surface area (Å²) in [7, 11) is 0. The van der Waals surface area contributed by atoms with E-state index in [4.69, 9.17) is 5.11 Å². The van der Waals surface area contributed by atoms with Crippen molar-refractivity contribution >= 4 is 11.9 Å². The van der Waals surface area contributed by atoms with Gasteiger partial charge in [0, 0.05) is 0 Å². The quantitative estimate of drug-likeness (QED) is 0.504. The predicted octanol–water partition coefficient (Wildman–Crippen LogP) is -0.406. The van der Waals surface area contributed by atoms with Crippen molar-refractivity contribution in [3.8, 4) is 0 Å². The Kier molecular flexibility index (Phi) is 3.90. The van der Waals surface area contributed by atoms with E-state index in [9.17, 15) is 14.7 Å². The molecule has 1 heterocycles. The number of carbonyl (C=O) groups is 2. The van der Waals surface area contributed by atoms with E-state index in [0.29, 0.717) is 18.5 Å². The van der Waals surface area contributed by atoms with Crippen molar-refractivity contribution in [2.45, 2.75) is 38.8 Å². The second-order valence-electron chi connectivity index (χ2n) is 4.66. The molecule has 0 spiro atoms. The normalized spacial score (nSPS) is 27.6. The molecular formula is C11H18N2O4. The molecule has 0 radical (unpaired) electrons. The van der Waals surface area contributed by atoms with E-state index >= 15 is 0 Å². The minimum absolute atomic E-state index is 0.139. The van der Waals surface area contributed by atoms with Crippen molar-refractivity contribution in [2.24, 2.45) is 0 Å². The van der Waals surface area contributed by atoms with Crippen molar-refractivity contribution in [1.82, 2.24) is 10.6 Å². The molecule has 1 saturated heterocycles. The van der Waals surface area contributed by atoms with Crippen LogP contribution in [0, 0.1) is 0 Å². The fourth-order valence-corrected chi connectivity index (χ4v) is 1.80. The molecule has 0 aromatic heterocycles. The highest BCUT2D eigenvalue weighted by Crippen LogP contribution is 2.20. The second-order valence-corrected chi connectivity index (χ2v) is 4.66. The lowest BCUT2D eigenvalue weighted by Crippen LogP contribution is -2.51. The number of amides is 1. The van der Waals surface area contributed by atoms with Gasteiger partial charge in [-0.05, 0) is 39.3 Å². The molecule has 2 atom stereocenters. The monoisotopic (exact) mass is 242 g/mol. The third kappa shape index (κ3) is 3.04. The van der Waals surface area contributed by atoms with Crippen LogP contribution in [0.15, 0.2) is 11.3 Å². The summed E-state index contributed by atoms with van der Waals surface area (Å²) in [6.45, 7) is 5.29. The molecule has 6 heteroatoms. The summed E-state index contributed by atoms with van der Waals surface area (Å²) in [6, 6.07) is -0.781. The highest BCUT2D eigenvalue weighted by molar-refractivity contribution is 5.95. The van der Waals surface area contributed by atoms with Gasteiger partial charge in [0.25, 0.3) is 0 Å². The topological polar surface area (TPSA) is 98.7 Å². The molecule has 17 heavy (non-hydrogen) atoms. The average Bonchev–Trinajstić information content (AvgIpc) is 2.53. The number of carboxylic acids is 1. The zero-order chi connectivity index (χ0) is 13.2. The molecule has 1 aliphatic rings. The van der Waals surface area contributed by atoms with Crippen molar-refractivity contribution in [1.29, 1.82) is 0 Å². The summed E-state index contributed by atoms with van der Waals surface area (Å²) < 4.78 is 0. The van der Waals surface area contributed by atoms with Crippen LogP contribution >= 0.6 is 0 Å². The molecule has 1 rings (SSSR count). The lowest BCUT2D eigenvalue weighted by Gasteiger charge is -2.24. The van der Waals surface area contributed by atoms with E-state index in [2.05, 4.69) is 10.6 Å². The third-order valence-electron chi connectivity index (χ3n) is 2.83. The SMILES string of the molecule is CC(C)=C(NC(=O)[C@H]1NCC[C@@]1(C)O)C(=O)O. The molecule has 6 nitrogen and oxygen atoms in total. The number of hydrogen-bond donors (Lipinski definition) is 4. The standard InChI is InChI=1S/C11H18N2O4/c1-6(2)7(10(15)16)13-9(14)8-11(3,17)4-5-12-8/h8,12,17H,4-5H2,1-3H3,(H,13,14)(H,15,16)/t8-,11-/m1/s1. The molecule has 1 amide bonds. The number of nitrogens with one attached hydrogen (secondary N) is 2. The van der Waals surface area contributed by atoms with Crippen LogP contribution in [0.2, 0.25) is 0 Å². The van der Waals surface area contributed by atoms with Crippen LogP contribution in [0.3, 0.4) is 0 Å². The number of aliphatic carboxylic acids is 1. The molecule has 4 N–H and O–H groups in total. The smallest absolute Gasteiger partial charge is 0.352 e. The van der Waals surface area contributed by atoms with Crippen LogP contribution < -0.4 is 10.6 Å². The van der Waals surface area contributed by atoms with Gasteiger partial charge in [0.1, 0.15) is 11.7 Å². The Morgan fingerprint density at radius 2 is 2.00 bits per heavy atom. The number of hydrogen-bond acceptors (Lipinski definition) is 4. The Hall–Kier alpha value is -1.40. The fourth-order valence-electron chi connectivity index (χ4n) is 1.80. The minimum Gasteiger partial charge on any atom is -0.477 e. The van der Waals surface area contributed by atoms with E-state index in [-0.39, 0.29) is 5.70 Å². The maximum atomic E-state index is 11.8. The van der Waals surface area contributed by atoms with Crippen molar-refractivity contribution in [3.63, 3.8) is 0 Å². The molecule has 0 aromatic carbocycles. The van der Waals surface area contributed by atoms with Crippen LogP contribution in [0.1, 0.15) is 27.2 Å². The minimum atomic E-state index is -1.18. The first-order valence-corrected chi connectivity index (χ1v) is 5.43. The van der Waals surface area contributed by atoms with Gasteiger partial charge >= 0.3 is 5.97 Å². The first kappa shape index (κ1) is 13.7. The summed E-state index contributed by atoms with van der Waals surface area (Å²) in [5.41, 5.74) is -0.780. The Bertz CT molecular complexity index is 370. The van der Waals surface area contributed by atoms with Crippen molar-refractivity contribution in [3.05, 3.63) is 11.3 Å². The van der Waals surface area contributed by atoms with Gasteiger partial charge in [0.05, 0.1) is 5.60 Å². The van der Waals surface area contributed by atoms with Crippen LogP contribution in [0.5, 0.6) is 0 Å². The number of rotatable bonds is 3. The van der Waals surface area contributed by atoms with Crippen LogP contribution in [-0.4, -0.2) is 40.3 Å². The van der Waals surface area contributed by atoms with Gasteiger partial charge < -0.3 is 20.8 Å². The summed E-state index contributed by atoms with van der Waals surface area (Å²) >= 11 is 0. The third-order valence-corrected chi connectivity index (χ3v) is 2.83. The molecular weight excluding hydrogens is 224 g/mol. The number of allylic oxidation sites excluding steroid dienone is 1. The van der Waals surface area contributed by atoms with E-state index in [0.717, 1.165) is 0 Å². The Labute approximate surface area is 99.7 Å². The fraction of sp³-hybridized carbons (Fsp3) is 0.636. The molecule has 96 valence electrons. The zero-order valence-corrected chi connectivity index (χ0v) is 10.2. The summed E-state index contributed by atoms with van der Waals surface area (Å²) in [5.74, 6) is -1.71. The predicted molar refractivity (Wildman–Crippen MR) is 61.2 cm³/mol. The van der Waals surface area contributed by atoms with Crippen LogP contribution in [-0.2, 0) is 9.59 Å². The Morgan fingerprint density at radius 3 is 2.35 bits per heavy atom. The second kappa shape index (κ2) is 4.85. The summed E-state index contributed by atoms with van der Waals surface area (Å²) in [6.07, 6.45) is 0.461. The van der Waals surface area contributed by atoms with Gasteiger partial charge in [-0.25, -0.2) is 4.79 Å². The number of aliphatic hydroxyl groups is 1. The first-order valence-electron chi connectivity index (χ1n) is 5.43. The molecule has 0 aromatic rings. The molecule has 0 saturated carbocycles. The lowest BCUT2D eigenvalue weighted by atomic mass is 9.97. The molecule has 1 fully saturated rings. The number of carboxylic acid groups (broad SMARTS) is 1.